The van der Waals surface area contributed by atoms with Gasteiger partial charge in [0.05, 0.1) is 16.4 Å². The van der Waals surface area contributed by atoms with Gasteiger partial charge in [0.1, 0.15) is 6.04 Å². The number of benzene rings is 3. The first-order valence-corrected chi connectivity index (χ1v) is 11.5. The van der Waals surface area contributed by atoms with E-state index in [1.165, 1.54) is 4.90 Å². The van der Waals surface area contributed by atoms with Crippen LogP contribution in [-0.2, 0) is 16.0 Å². The average Bonchev–Trinajstić information content (AvgIpc) is 2.96. The molecule has 0 radical (unpaired) electrons. The van der Waals surface area contributed by atoms with Crippen molar-refractivity contribution in [3.8, 4) is 0 Å². The van der Waals surface area contributed by atoms with Crippen LogP contribution in [0.3, 0.4) is 0 Å². The number of anilines is 1. The number of aliphatic imine (C=N–C) groups is 1. The van der Waals surface area contributed by atoms with Crippen molar-refractivity contribution >= 4 is 40.4 Å². The van der Waals surface area contributed by atoms with Crippen LogP contribution in [-0.4, -0.2) is 41.8 Å². The second kappa shape index (κ2) is 10.4. The molecule has 4 rings (SSSR count). The number of benzodiazepines with no additional fused rings is 1. The summed E-state index contributed by atoms with van der Waals surface area (Å²) in [5.74, 6) is -0.671. The molecule has 2 atom stereocenters. The van der Waals surface area contributed by atoms with Crippen LogP contribution in [0.2, 0.25) is 0 Å². The topological polar surface area (TPSA) is 73.8 Å². The maximum Gasteiger partial charge on any atom is 0.272 e. The molecule has 0 fully saturated rings. The molecule has 0 spiro atoms. The van der Waals surface area contributed by atoms with Gasteiger partial charge in [-0.05, 0) is 18.6 Å². The van der Waals surface area contributed by atoms with Crippen LogP contribution in [0.5, 0.6) is 0 Å². The molecule has 1 unspecified atom stereocenters. The number of nitrogens with zero attached hydrogens (tertiary/aromatic N) is 2. The summed E-state index contributed by atoms with van der Waals surface area (Å²) in [6.45, 7) is 1.72. The van der Waals surface area contributed by atoms with Crippen LogP contribution < -0.4 is 15.5 Å². The average molecular weight is 471 g/mol. The number of nitrogens with one attached hydrogen (secondary N) is 2. The Kier molecular flexibility index (Phi) is 7.13. The second-order valence-electron chi connectivity index (χ2n) is 8.12. The van der Waals surface area contributed by atoms with Crippen molar-refractivity contribution in [2.24, 2.45) is 4.99 Å². The summed E-state index contributed by atoms with van der Waals surface area (Å²) in [7, 11) is 1.69. The molecule has 1 aliphatic heterocycles. The highest BCUT2D eigenvalue weighted by Gasteiger charge is 2.31. The van der Waals surface area contributed by atoms with Crippen LogP contribution in [0.4, 0.5) is 5.69 Å². The van der Waals surface area contributed by atoms with Crippen molar-refractivity contribution in [3.63, 3.8) is 0 Å². The van der Waals surface area contributed by atoms with E-state index in [1.807, 2.05) is 84.9 Å². The minimum Gasteiger partial charge on any atom is -0.368 e. The number of fused-ring (bicyclic) bond motifs is 1. The molecule has 172 valence electrons. The van der Waals surface area contributed by atoms with Gasteiger partial charge in [0.25, 0.3) is 5.91 Å². The van der Waals surface area contributed by atoms with Crippen LogP contribution in [0.15, 0.2) is 89.9 Å². The predicted octanol–water partition coefficient (Wildman–Crippen LogP) is 3.49. The minimum absolute atomic E-state index is 0.314. The van der Waals surface area contributed by atoms with Crippen molar-refractivity contribution in [1.29, 1.82) is 0 Å². The number of hydrogen-bond acceptors (Lipinski definition) is 4. The fourth-order valence-corrected chi connectivity index (χ4v) is 4.18. The molecule has 34 heavy (non-hydrogen) atoms. The number of thiocarbonyl (C=S) groups is 1. The lowest BCUT2D eigenvalue weighted by Crippen LogP contribution is -2.52. The number of carbonyl (C=O) groups excluding carboxylic acids is 2. The SMILES string of the molecule is C[C@H](NC(=S)Cc1ccccc1)C(=O)NC1N=C(c2ccccc2)c2ccccc2N(C)C1=O. The number of para-hydroxylation sites is 1. The Hall–Kier alpha value is -3.84. The summed E-state index contributed by atoms with van der Waals surface area (Å²) in [5.41, 5.74) is 4.15. The summed E-state index contributed by atoms with van der Waals surface area (Å²) in [6, 6.07) is 26.4. The second-order valence-corrected chi connectivity index (χ2v) is 8.61. The van der Waals surface area contributed by atoms with Crippen LogP contribution >= 0.6 is 12.2 Å². The van der Waals surface area contributed by atoms with Gasteiger partial charge in [-0.3, -0.25) is 9.59 Å². The van der Waals surface area contributed by atoms with Gasteiger partial charge in [0.15, 0.2) is 0 Å². The third kappa shape index (κ3) is 5.21. The van der Waals surface area contributed by atoms with E-state index in [1.54, 1.807) is 14.0 Å². The Bertz CT molecular complexity index is 1230. The Morgan fingerprint density at radius 3 is 2.32 bits per heavy atom. The first-order valence-electron chi connectivity index (χ1n) is 11.1. The first kappa shape index (κ1) is 23.3. The van der Waals surface area contributed by atoms with Gasteiger partial charge in [-0.1, -0.05) is 91.1 Å². The molecule has 0 saturated heterocycles. The lowest BCUT2D eigenvalue weighted by atomic mass is 10.0. The number of hydrogen-bond donors (Lipinski definition) is 2. The molecule has 3 aromatic carbocycles. The predicted molar refractivity (Wildman–Crippen MR) is 139 cm³/mol. The van der Waals surface area contributed by atoms with E-state index in [0.717, 1.165) is 22.4 Å². The number of likely N-dealkylation sites (N-methyl/N-ethyl adjacent to an activating group) is 1. The van der Waals surface area contributed by atoms with Gasteiger partial charge in [-0.2, -0.15) is 0 Å². The highest BCUT2D eigenvalue weighted by molar-refractivity contribution is 7.80. The van der Waals surface area contributed by atoms with E-state index < -0.39 is 12.2 Å². The van der Waals surface area contributed by atoms with E-state index >= 15 is 0 Å². The molecular weight excluding hydrogens is 444 g/mol. The summed E-state index contributed by atoms with van der Waals surface area (Å²) in [6.07, 6.45) is -0.531. The summed E-state index contributed by atoms with van der Waals surface area (Å²) >= 11 is 5.44. The van der Waals surface area contributed by atoms with Gasteiger partial charge in [0, 0.05) is 24.6 Å². The summed E-state index contributed by atoms with van der Waals surface area (Å²) in [5, 5.41) is 5.87. The molecule has 1 aliphatic rings. The highest BCUT2D eigenvalue weighted by atomic mass is 32.1. The lowest BCUT2D eigenvalue weighted by molar-refractivity contribution is -0.128. The maximum absolute atomic E-state index is 13.3. The van der Waals surface area contributed by atoms with Crippen molar-refractivity contribution in [2.45, 2.75) is 25.6 Å². The van der Waals surface area contributed by atoms with E-state index in [2.05, 4.69) is 10.6 Å². The van der Waals surface area contributed by atoms with E-state index in [0.29, 0.717) is 17.1 Å². The molecule has 7 heteroatoms. The number of rotatable bonds is 6. The monoisotopic (exact) mass is 470 g/mol. The molecule has 0 aromatic heterocycles. The van der Waals surface area contributed by atoms with Gasteiger partial charge < -0.3 is 15.5 Å². The molecule has 0 saturated carbocycles. The zero-order chi connectivity index (χ0) is 24.1. The molecule has 0 bridgehead atoms. The fraction of sp³-hybridized carbons (Fsp3) is 0.185. The smallest absolute Gasteiger partial charge is 0.272 e. The third-order valence-electron chi connectivity index (χ3n) is 5.65. The molecule has 2 N–H and O–H groups in total. The van der Waals surface area contributed by atoms with Gasteiger partial charge in [-0.15, -0.1) is 0 Å². The van der Waals surface area contributed by atoms with Gasteiger partial charge in [0.2, 0.25) is 12.1 Å². The standard InChI is InChI=1S/C27H26N4O2S/c1-18(28-23(34)17-19-11-5-3-6-12-19)26(32)30-25-27(33)31(2)22-16-10-9-15-21(22)24(29-25)20-13-7-4-8-14-20/h3-16,18,25H,17H2,1-2H3,(H,28,34)(H,30,32)/t18-,25?/m0/s1. The normalized spacial score (nSPS) is 16.1. The van der Waals surface area contributed by atoms with Crippen LogP contribution in [0, 0.1) is 0 Å². The highest BCUT2D eigenvalue weighted by Crippen LogP contribution is 2.27. The fourth-order valence-electron chi connectivity index (χ4n) is 3.84. The lowest BCUT2D eigenvalue weighted by Gasteiger charge is -2.22. The molecule has 1 heterocycles. The number of amides is 2. The van der Waals surface area contributed by atoms with Gasteiger partial charge >= 0.3 is 0 Å². The number of carbonyl (C=O) groups is 2. The van der Waals surface area contributed by atoms with Crippen molar-refractivity contribution in [3.05, 3.63) is 102 Å². The van der Waals surface area contributed by atoms with Crippen molar-refractivity contribution < 1.29 is 9.59 Å². The van der Waals surface area contributed by atoms with Crippen LogP contribution in [0.25, 0.3) is 0 Å². The quantitative estimate of drug-likeness (QED) is 0.541. The third-order valence-corrected chi connectivity index (χ3v) is 5.91. The molecule has 2 amide bonds. The summed E-state index contributed by atoms with van der Waals surface area (Å²) < 4.78 is 0. The summed E-state index contributed by atoms with van der Waals surface area (Å²) in [4.78, 5) is 33.1. The largest absolute Gasteiger partial charge is 0.368 e. The van der Waals surface area contributed by atoms with Gasteiger partial charge in [-0.25, -0.2) is 4.99 Å². The molecule has 0 aliphatic carbocycles. The minimum atomic E-state index is -1.06. The Balaban J connectivity index is 1.55. The van der Waals surface area contributed by atoms with E-state index in [4.69, 9.17) is 17.2 Å². The zero-order valence-corrected chi connectivity index (χ0v) is 19.9. The Morgan fingerprint density at radius 1 is 1.00 bits per heavy atom. The Morgan fingerprint density at radius 2 is 1.62 bits per heavy atom. The Labute approximate surface area is 204 Å². The molecular formula is C27H26N4O2S. The van der Waals surface area contributed by atoms with Crippen molar-refractivity contribution in [1.82, 2.24) is 10.6 Å². The van der Waals surface area contributed by atoms with Crippen molar-refractivity contribution in [2.75, 3.05) is 11.9 Å². The molecule has 6 nitrogen and oxygen atoms in total. The van der Waals surface area contributed by atoms with Crippen LogP contribution in [0.1, 0.15) is 23.6 Å². The molecule has 3 aromatic rings. The first-order chi connectivity index (χ1) is 16.4. The van der Waals surface area contributed by atoms with E-state index in [9.17, 15) is 9.59 Å². The zero-order valence-electron chi connectivity index (χ0n) is 19.1. The van der Waals surface area contributed by atoms with E-state index in [-0.39, 0.29) is 11.8 Å². The maximum atomic E-state index is 13.3.